The summed E-state index contributed by atoms with van der Waals surface area (Å²) in [5.41, 5.74) is 4.54. The summed E-state index contributed by atoms with van der Waals surface area (Å²) in [6.07, 6.45) is 2.04. The van der Waals surface area contributed by atoms with Crippen molar-refractivity contribution < 1.29 is 4.79 Å². The van der Waals surface area contributed by atoms with Crippen LogP contribution in [0.2, 0.25) is 5.02 Å². The van der Waals surface area contributed by atoms with Crippen molar-refractivity contribution >= 4 is 17.5 Å². The molecule has 1 heterocycles. The molecule has 0 atom stereocenters. The molecule has 0 spiro atoms. The van der Waals surface area contributed by atoms with E-state index >= 15 is 0 Å². The minimum Gasteiger partial charge on any atom is -0.356 e. The van der Waals surface area contributed by atoms with Crippen LogP contribution in [0.4, 0.5) is 0 Å². The molecule has 1 N–H and O–H groups in total. The fraction of sp³-hybridized carbons (Fsp3) is 0.412. The molecule has 0 saturated heterocycles. The molecule has 22 heavy (non-hydrogen) atoms. The quantitative estimate of drug-likeness (QED) is 0.889. The van der Waals surface area contributed by atoms with E-state index < -0.39 is 0 Å². The van der Waals surface area contributed by atoms with Crippen LogP contribution in [0.15, 0.2) is 24.3 Å². The van der Waals surface area contributed by atoms with Gasteiger partial charge in [0.05, 0.1) is 5.69 Å². The first-order chi connectivity index (χ1) is 10.5. The summed E-state index contributed by atoms with van der Waals surface area (Å²) in [4.78, 5) is 11.9. The summed E-state index contributed by atoms with van der Waals surface area (Å²) >= 11 is 5.84. The lowest BCUT2D eigenvalue weighted by Gasteiger charge is -2.06. The number of nitrogens with one attached hydrogen (secondary N) is 1. The van der Waals surface area contributed by atoms with Crippen LogP contribution in [0.3, 0.4) is 0 Å². The molecule has 0 aliphatic rings. The third-order valence-corrected chi connectivity index (χ3v) is 4.16. The summed E-state index contributed by atoms with van der Waals surface area (Å²) in [6, 6.07) is 7.61. The first-order valence-electron chi connectivity index (χ1n) is 7.47. The second-order valence-electron chi connectivity index (χ2n) is 5.50. The summed E-state index contributed by atoms with van der Waals surface area (Å²) in [7, 11) is 1.94. The number of aryl methyl sites for hydroxylation is 3. The van der Waals surface area contributed by atoms with Crippen molar-refractivity contribution in [3.05, 3.63) is 51.8 Å². The van der Waals surface area contributed by atoms with Crippen molar-refractivity contribution in [2.24, 2.45) is 7.05 Å². The third-order valence-electron chi connectivity index (χ3n) is 3.91. The van der Waals surface area contributed by atoms with Gasteiger partial charge in [0.25, 0.3) is 0 Å². The van der Waals surface area contributed by atoms with Crippen molar-refractivity contribution in [3.63, 3.8) is 0 Å². The van der Waals surface area contributed by atoms with Crippen LogP contribution in [0.25, 0.3) is 0 Å². The summed E-state index contributed by atoms with van der Waals surface area (Å²) < 4.78 is 1.88. The maximum absolute atomic E-state index is 11.9. The molecule has 0 saturated carbocycles. The number of nitrogens with zero attached hydrogens (tertiary/aromatic N) is 2. The maximum Gasteiger partial charge on any atom is 0.220 e. The second-order valence-corrected chi connectivity index (χ2v) is 5.94. The van der Waals surface area contributed by atoms with E-state index in [1.807, 2.05) is 42.9 Å². The van der Waals surface area contributed by atoms with Gasteiger partial charge in [-0.05, 0) is 49.9 Å². The highest BCUT2D eigenvalue weighted by molar-refractivity contribution is 6.30. The van der Waals surface area contributed by atoms with Gasteiger partial charge < -0.3 is 5.32 Å². The van der Waals surface area contributed by atoms with E-state index in [1.54, 1.807) is 0 Å². The van der Waals surface area contributed by atoms with Crippen LogP contribution in [0.5, 0.6) is 0 Å². The Morgan fingerprint density at radius 1 is 1.23 bits per heavy atom. The zero-order valence-corrected chi connectivity index (χ0v) is 14.1. The zero-order chi connectivity index (χ0) is 16.1. The number of aromatic nitrogens is 2. The van der Waals surface area contributed by atoms with Crippen molar-refractivity contribution in [1.82, 2.24) is 15.1 Å². The molecule has 0 fully saturated rings. The SMILES string of the molecule is Cc1nn(C)c(C)c1CCNC(=O)CCc1ccc(Cl)cc1. The maximum atomic E-state index is 11.9. The molecule has 5 heteroatoms. The lowest BCUT2D eigenvalue weighted by Crippen LogP contribution is -2.26. The van der Waals surface area contributed by atoms with E-state index in [2.05, 4.69) is 17.3 Å². The largest absolute Gasteiger partial charge is 0.356 e. The summed E-state index contributed by atoms with van der Waals surface area (Å²) in [5.74, 6) is 0.0779. The van der Waals surface area contributed by atoms with Gasteiger partial charge in [0.1, 0.15) is 0 Å². The number of amides is 1. The van der Waals surface area contributed by atoms with Gasteiger partial charge in [0, 0.05) is 30.7 Å². The van der Waals surface area contributed by atoms with Gasteiger partial charge in [-0.3, -0.25) is 9.48 Å². The predicted molar refractivity (Wildman–Crippen MR) is 89.2 cm³/mol. The molecule has 0 unspecified atom stereocenters. The molecule has 2 rings (SSSR count). The Balaban J connectivity index is 1.75. The Kier molecular flexibility index (Phi) is 5.61. The van der Waals surface area contributed by atoms with E-state index in [-0.39, 0.29) is 5.91 Å². The van der Waals surface area contributed by atoms with E-state index in [9.17, 15) is 4.79 Å². The van der Waals surface area contributed by atoms with Gasteiger partial charge in [0.15, 0.2) is 0 Å². The van der Waals surface area contributed by atoms with Crippen LogP contribution in [-0.4, -0.2) is 22.2 Å². The third kappa shape index (κ3) is 4.34. The lowest BCUT2D eigenvalue weighted by atomic mass is 10.1. The zero-order valence-electron chi connectivity index (χ0n) is 13.3. The Morgan fingerprint density at radius 2 is 1.91 bits per heavy atom. The minimum absolute atomic E-state index is 0.0779. The van der Waals surface area contributed by atoms with Crippen molar-refractivity contribution in [1.29, 1.82) is 0 Å². The van der Waals surface area contributed by atoms with Gasteiger partial charge in [-0.2, -0.15) is 5.10 Å². The first kappa shape index (κ1) is 16.6. The van der Waals surface area contributed by atoms with Crippen LogP contribution in [-0.2, 0) is 24.7 Å². The van der Waals surface area contributed by atoms with Gasteiger partial charge >= 0.3 is 0 Å². The molecule has 1 amide bonds. The topological polar surface area (TPSA) is 46.9 Å². The number of hydrogen-bond acceptors (Lipinski definition) is 2. The Morgan fingerprint density at radius 3 is 2.50 bits per heavy atom. The van der Waals surface area contributed by atoms with E-state index in [0.29, 0.717) is 13.0 Å². The molecule has 4 nitrogen and oxygen atoms in total. The number of carbonyl (C=O) groups excluding carboxylic acids is 1. The number of benzene rings is 1. The lowest BCUT2D eigenvalue weighted by molar-refractivity contribution is -0.121. The molecular weight excluding hydrogens is 298 g/mol. The summed E-state index contributed by atoms with van der Waals surface area (Å²) in [6.45, 7) is 4.70. The average molecular weight is 320 g/mol. The molecule has 0 aliphatic carbocycles. The molecule has 2 aromatic rings. The molecule has 0 bridgehead atoms. The monoisotopic (exact) mass is 319 g/mol. The van der Waals surface area contributed by atoms with Crippen LogP contribution < -0.4 is 5.32 Å². The van der Waals surface area contributed by atoms with Crippen LogP contribution in [0, 0.1) is 13.8 Å². The number of halogens is 1. The fourth-order valence-electron chi connectivity index (χ4n) is 2.50. The molecular formula is C17H22ClN3O. The van der Waals surface area contributed by atoms with Gasteiger partial charge in [-0.15, -0.1) is 0 Å². The number of hydrogen-bond donors (Lipinski definition) is 1. The molecule has 118 valence electrons. The van der Waals surface area contributed by atoms with Crippen LogP contribution in [0.1, 0.15) is 28.9 Å². The fourth-order valence-corrected chi connectivity index (χ4v) is 2.63. The average Bonchev–Trinajstić information content (AvgIpc) is 2.73. The standard InChI is InChI=1S/C17H22ClN3O/c1-12-16(13(2)21(3)20-12)10-11-19-17(22)9-6-14-4-7-15(18)8-5-14/h4-5,7-8H,6,9-11H2,1-3H3,(H,19,22). The predicted octanol–water partition coefficient (Wildman–Crippen LogP) is 2.98. The smallest absolute Gasteiger partial charge is 0.220 e. The van der Waals surface area contributed by atoms with E-state index in [4.69, 9.17) is 11.6 Å². The molecule has 1 aromatic carbocycles. The normalized spacial score (nSPS) is 10.7. The number of rotatable bonds is 6. The highest BCUT2D eigenvalue weighted by Crippen LogP contribution is 2.12. The summed E-state index contributed by atoms with van der Waals surface area (Å²) in [5, 5.41) is 8.08. The van der Waals surface area contributed by atoms with Crippen molar-refractivity contribution in [3.8, 4) is 0 Å². The first-order valence-corrected chi connectivity index (χ1v) is 7.85. The van der Waals surface area contributed by atoms with Gasteiger partial charge in [0.2, 0.25) is 5.91 Å². The van der Waals surface area contributed by atoms with Gasteiger partial charge in [-0.25, -0.2) is 0 Å². The minimum atomic E-state index is 0.0779. The van der Waals surface area contributed by atoms with E-state index in [1.165, 1.54) is 5.56 Å². The highest BCUT2D eigenvalue weighted by Gasteiger charge is 2.09. The Labute approximate surface area is 136 Å². The number of carbonyl (C=O) groups is 1. The van der Waals surface area contributed by atoms with E-state index in [0.717, 1.165) is 34.8 Å². The molecule has 1 aromatic heterocycles. The van der Waals surface area contributed by atoms with Crippen molar-refractivity contribution in [2.75, 3.05) is 6.54 Å². The molecule has 0 radical (unpaired) electrons. The second kappa shape index (κ2) is 7.45. The Bertz CT molecular complexity index is 647. The van der Waals surface area contributed by atoms with Gasteiger partial charge in [-0.1, -0.05) is 23.7 Å². The molecule has 0 aliphatic heterocycles. The highest BCUT2D eigenvalue weighted by atomic mass is 35.5. The Hall–Kier alpha value is -1.81. The van der Waals surface area contributed by atoms with Crippen molar-refractivity contribution in [2.45, 2.75) is 33.1 Å². The van der Waals surface area contributed by atoms with Crippen LogP contribution >= 0.6 is 11.6 Å².